The Balaban J connectivity index is 2.28. The highest BCUT2D eigenvalue weighted by Crippen LogP contribution is 2.30. The lowest BCUT2D eigenvalue weighted by molar-refractivity contribution is -0.139. The molecular weight excluding hydrogens is 288 g/mol. The number of amidine groups is 1. The number of sulfonamides is 1. The zero-order valence-corrected chi connectivity index (χ0v) is 11.9. The maximum absolute atomic E-state index is 11.9. The number of nitrogens with one attached hydrogen (secondary N) is 1. The van der Waals surface area contributed by atoms with Crippen molar-refractivity contribution in [3.8, 4) is 0 Å². The lowest BCUT2D eigenvalue weighted by Gasteiger charge is -2.18. The molecule has 0 radical (unpaired) electrons. The first-order chi connectivity index (χ1) is 8.94. The molecule has 1 aromatic rings. The number of hydrogen-bond donors (Lipinski definition) is 1. The number of nitrogens with zero attached hydrogens (tertiary/aromatic N) is 1. The fourth-order valence-corrected chi connectivity index (χ4v) is 3.70. The fraction of sp³-hybridized carbons (Fsp3) is 0.273. The van der Waals surface area contributed by atoms with Crippen LogP contribution >= 0.6 is 11.8 Å². The summed E-state index contributed by atoms with van der Waals surface area (Å²) in [7, 11) is -2.44. The van der Waals surface area contributed by atoms with Crippen LogP contribution < -0.4 is 5.32 Å². The molecule has 0 unspecified atom stereocenters. The van der Waals surface area contributed by atoms with Crippen molar-refractivity contribution >= 4 is 38.6 Å². The molecule has 19 heavy (non-hydrogen) atoms. The molecule has 2 rings (SSSR count). The van der Waals surface area contributed by atoms with Gasteiger partial charge in [-0.05, 0) is 19.1 Å². The van der Waals surface area contributed by atoms with Crippen molar-refractivity contribution in [3.63, 3.8) is 0 Å². The van der Waals surface area contributed by atoms with E-state index < -0.39 is 21.2 Å². The molecule has 1 aliphatic rings. The van der Waals surface area contributed by atoms with Crippen LogP contribution in [0.3, 0.4) is 0 Å². The topological polar surface area (TPSA) is 84.8 Å². The van der Waals surface area contributed by atoms with Crippen LogP contribution in [0.1, 0.15) is 6.92 Å². The summed E-state index contributed by atoms with van der Waals surface area (Å²) in [6, 6.07) is 6.47. The normalized spacial score (nSPS) is 17.7. The lowest BCUT2D eigenvalue weighted by atomic mass is 10.3. The van der Waals surface area contributed by atoms with Crippen molar-refractivity contribution in [2.75, 3.05) is 12.4 Å². The molecule has 1 heterocycles. The number of carbonyl (C=O) groups is 1. The van der Waals surface area contributed by atoms with E-state index >= 15 is 0 Å². The largest absolute Gasteiger partial charge is 0.468 e. The molecular formula is C11H12N2O4S2. The Bertz CT molecular complexity index is 640. The van der Waals surface area contributed by atoms with E-state index in [1.54, 1.807) is 25.1 Å². The van der Waals surface area contributed by atoms with Gasteiger partial charge in [-0.25, -0.2) is 0 Å². The molecule has 0 saturated heterocycles. The van der Waals surface area contributed by atoms with Gasteiger partial charge >= 0.3 is 5.97 Å². The summed E-state index contributed by atoms with van der Waals surface area (Å²) < 4.78 is 32.1. The van der Waals surface area contributed by atoms with Crippen LogP contribution in [0.15, 0.2) is 33.6 Å². The number of thioether (sulfide) groups is 1. The Morgan fingerprint density at radius 1 is 1.42 bits per heavy atom. The fourth-order valence-electron chi connectivity index (χ4n) is 1.52. The Morgan fingerprint density at radius 3 is 2.79 bits per heavy atom. The number of carbonyl (C=O) groups excluding carboxylic acids is 1. The number of fused-ring (bicyclic) bond motifs is 1. The molecule has 0 aliphatic carbocycles. The summed E-state index contributed by atoms with van der Waals surface area (Å²) in [5, 5.41) is 2.51. The number of anilines is 1. The first-order valence-corrected chi connectivity index (χ1v) is 7.71. The van der Waals surface area contributed by atoms with Crippen molar-refractivity contribution in [1.82, 2.24) is 0 Å². The van der Waals surface area contributed by atoms with E-state index in [-0.39, 0.29) is 10.1 Å². The van der Waals surface area contributed by atoms with Crippen molar-refractivity contribution < 1.29 is 17.9 Å². The molecule has 0 fully saturated rings. The third-order valence-corrected chi connectivity index (χ3v) is 4.84. The van der Waals surface area contributed by atoms with E-state index in [2.05, 4.69) is 14.5 Å². The number of benzene rings is 1. The smallest absolute Gasteiger partial charge is 0.318 e. The SMILES string of the molecule is COC(=O)[C@@H](C)SC1=NS(=O)(=O)c2ccccc2N1. The molecule has 1 aromatic carbocycles. The molecule has 6 nitrogen and oxygen atoms in total. The van der Waals surface area contributed by atoms with Gasteiger partial charge in [-0.15, -0.1) is 4.40 Å². The predicted octanol–water partition coefficient (Wildman–Crippen LogP) is 1.45. The average molecular weight is 300 g/mol. The van der Waals surface area contributed by atoms with Crippen molar-refractivity contribution in [3.05, 3.63) is 24.3 Å². The van der Waals surface area contributed by atoms with Gasteiger partial charge in [0.15, 0.2) is 5.17 Å². The first-order valence-electron chi connectivity index (χ1n) is 5.39. The molecule has 0 bridgehead atoms. The second-order valence-corrected chi connectivity index (χ2v) is 6.68. The van der Waals surface area contributed by atoms with Crippen molar-refractivity contribution in [2.45, 2.75) is 17.1 Å². The summed E-state index contributed by atoms with van der Waals surface area (Å²) in [5.74, 6) is -0.439. The van der Waals surface area contributed by atoms with Crippen LogP contribution in [-0.4, -0.2) is 31.9 Å². The van der Waals surface area contributed by atoms with Gasteiger partial charge < -0.3 is 10.1 Å². The van der Waals surface area contributed by atoms with Gasteiger partial charge in [0.1, 0.15) is 10.1 Å². The van der Waals surface area contributed by atoms with Crippen LogP contribution in [0.25, 0.3) is 0 Å². The van der Waals surface area contributed by atoms with Gasteiger partial charge in [0.2, 0.25) is 0 Å². The Labute approximate surface area is 115 Å². The zero-order chi connectivity index (χ0) is 14.0. The second-order valence-electron chi connectivity index (χ2n) is 3.78. The third-order valence-electron chi connectivity index (χ3n) is 2.43. The highest BCUT2D eigenvalue weighted by atomic mass is 32.2. The predicted molar refractivity (Wildman–Crippen MR) is 73.8 cm³/mol. The Hall–Kier alpha value is -1.54. The Morgan fingerprint density at radius 2 is 2.11 bits per heavy atom. The second kappa shape index (κ2) is 5.22. The Kier molecular flexibility index (Phi) is 3.81. The summed E-state index contributed by atoms with van der Waals surface area (Å²) in [6.07, 6.45) is 0. The van der Waals surface area contributed by atoms with Crippen molar-refractivity contribution in [2.24, 2.45) is 4.40 Å². The van der Waals surface area contributed by atoms with Crippen molar-refractivity contribution in [1.29, 1.82) is 0 Å². The highest BCUT2D eigenvalue weighted by Gasteiger charge is 2.27. The van der Waals surface area contributed by atoms with Gasteiger partial charge in [0.25, 0.3) is 10.0 Å². The monoisotopic (exact) mass is 300 g/mol. The van der Waals surface area contributed by atoms with Crippen LogP contribution in [0, 0.1) is 0 Å². The van der Waals surface area contributed by atoms with Crippen LogP contribution in [0.4, 0.5) is 5.69 Å². The number of rotatable bonds is 2. The summed E-state index contributed by atoms with van der Waals surface area (Å²) >= 11 is 1.00. The molecule has 8 heteroatoms. The highest BCUT2D eigenvalue weighted by molar-refractivity contribution is 8.15. The average Bonchev–Trinajstić information content (AvgIpc) is 2.37. The van der Waals surface area contributed by atoms with E-state index in [1.165, 1.54) is 13.2 Å². The van der Waals surface area contributed by atoms with Gasteiger partial charge in [-0.2, -0.15) is 8.42 Å². The van der Waals surface area contributed by atoms with E-state index in [0.29, 0.717) is 5.69 Å². The number of esters is 1. The summed E-state index contributed by atoms with van der Waals surface area (Å²) in [6.45, 7) is 1.62. The van der Waals surface area contributed by atoms with Gasteiger partial charge in [0, 0.05) is 0 Å². The molecule has 1 aliphatic heterocycles. The molecule has 0 aromatic heterocycles. The summed E-state index contributed by atoms with van der Waals surface area (Å²) in [4.78, 5) is 11.4. The van der Waals surface area contributed by atoms with Gasteiger partial charge in [0.05, 0.1) is 12.8 Å². The molecule has 1 atom stereocenters. The number of methoxy groups -OCH3 is 1. The molecule has 0 saturated carbocycles. The molecule has 102 valence electrons. The quantitative estimate of drug-likeness (QED) is 0.832. The lowest BCUT2D eigenvalue weighted by Crippen LogP contribution is -2.24. The van der Waals surface area contributed by atoms with E-state index in [4.69, 9.17) is 0 Å². The first kappa shape index (κ1) is 13.9. The molecule has 1 N–H and O–H groups in total. The summed E-state index contributed by atoms with van der Waals surface area (Å²) in [5.41, 5.74) is 0.456. The van der Waals surface area contributed by atoms with Gasteiger partial charge in [-0.1, -0.05) is 23.9 Å². The molecule has 0 spiro atoms. The maximum Gasteiger partial charge on any atom is 0.318 e. The minimum atomic E-state index is -3.72. The van der Waals surface area contributed by atoms with Crippen LogP contribution in [-0.2, 0) is 19.6 Å². The van der Waals surface area contributed by atoms with Crippen LogP contribution in [0.2, 0.25) is 0 Å². The minimum absolute atomic E-state index is 0.130. The van der Waals surface area contributed by atoms with Gasteiger partial charge in [-0.3, -0.25) is 4.79 Å². The maximum atomic E-state index is 11.9. The minimum Gasteiger partial charge on any atom is -0.468 e. The zero-order valence-electron chi connectivity index (χ0n) is 10.3. The third kappa shape index (κ3) is 2.90. The standard InChI is InChI=1S/C11H12N2O4S2/c1-7(10(14)17-2)18-11-12-8-5-3-4-6-9(8)19(15,16)13-11/h3-7H,1-2H3,(H,12,13)/t7-/m1/s1. The van der Waals surface area contributed by atoms with E-state index in [9.17, 15) is 13.2 Å². The molecule has 0 amide bonds. The van der Waals surface area contributed by atoms with E-state index in [0.717, 1.165) is 11.8 Å². The van der Waals surface area contributed by atoms with E-state index in [1.807, 2.05) is 0 Å². The number of ether oxygens (including phenoxy) is 1. The van der Waals surface area contributed by atoms with Crippen LogP contribution in [0.5, 0.6) is 0 Å². The number of para-hydroxylation sites is 1. The number of hydrogen-bond acceptors (Lipinski definition) is 6.